The molecule has 2 atom stereocenters. The smallest absolute Gasteiger partial charge is 0.407 e. The van der Waals surface area contributed by atoms with E-state index in [0.29, 0.717) is 25.8 Å². The van der Waals surface area contributed by atoms with Crippen molar-refractivity contribution in [1.82, 2.24) is 45.9 Å². The summed E-state index contributed by atoms with van der Waals surface area (Å²) in [5, 5.41) is 8.50. The lowest BCUT2D eigenvalue weighted by Crippen LogP contribution is -2.33. The van der Waals surface area contributed by atoms with E-state index in [9.17, 15) is 14.4 Å². The average Bonchev–Trinajstić information content (AvgIpc) is 3.95. The number of alkyl carbamates (subject to hydrolysis) is 1. The van der Waals surface area contributed by atoms with Crippen molar-refractivity contribution in [2.24, 2.45) is 5.92 Å². The van der Waals surface area contributed by atoms with Gasteiger partial charge in [-0.1, -0.05) is 13.8 Å². The molecule has 1 aliphatic heterocycles. The quantitative estimate of drug-likeness (QED) is 0.169. The number of hydrogen-bond donors (Lipinski definition) is 3. The summed E-state index contributed by atoms with van der Waals surface area (Å²) in [5.74, 6) is -0.665. The number of aromatic nitrogens is 6. The van der Waals surface area contributed by atoms with Crippen LogP contribution in [0.5, 0.6) is 0 Å². The molecule has 0 saturated carbocycles. The number of ether oxygens (including phenoxy) is 1. The van der Waals surface area contributed by atoms with Gasteiger partial charge in [0.2, 0.25) is 35.3 Å². The maximum absolute atomic E-state index is 13.5. The molecule has 0 aliphatic carbocycles. The predicted molar refractivity (Wildman–Crippen MR) is 178 cm³/mol. The van der Waals surface area contributed by atoms with Crippen LogP contribution in [0.15, 0.2) is 64.1 Å². The van der Waals surface area contributed by atoms with Crippen LogP contribution in [0.4, 0.5) is 4.79 Å². The summed E-state index contributed by atoms with van der Waals surface area (Å²) in [7, 11) is 0. The van der Waals surface area contributed by atoms with Crippen molar-refractivity contribution in [3.8, 4) is 46.3 Å². The van der Waals surface area contributed by atoms with Crippen molar-refractivity contribution in [3.63, 3.8) is 0 Å². The van der Waals surface area contributed by atoms with Crippen LogP contribution in [0, 0.1) is 5.92 Å². The van der Waals surface area contributed by atoms with Crippen molar-refractivity contribution in [2.45, 2.75) is 71.6 Å². The highest BCUT2D eigenvalue weighted by Gasteiger charge is 2.29. The summed E-state index contributed by atoms with van der Waals surface area (Å²) in [4.78, 5) is 65.3. The monoisotopic (exact) mass is 729 g/mol. The lowest BCUT2D eigenvalue weighted by molar-refractivity contribution is 0.0526. The molecule has 0 fully saturated rings. The second-order valence-electron chi connectivity index (χ2n) is 13.4. The highest BCUT2D eigenvalue weighted by atomic mass is 16.6. The molecule has 6 aromatic rings. The molecule has 7 heterocycles. The molecule has 276 valence electrons. The summed E-state index contributed by atoms with van der Waals surface area (Å²) in [5.41, 5.74) is 0.210. The Hall–Kier alpha value is -6.53. The third kappa shape index (κ3) is 7.87. The molecule has 0 aromatic carbocycles. The van der Waals surface area contributed by atoms with Crippen molar-refractivity contribution in [1.29, 1.82) is 0 Å². The molecular weight excluding hydrogens is 694 g/mol. The van der Waals surface area contributed by atoms with Gasteiger partial charge in [0, 0.05) is 6.54 Å². The van der Waals surface area contributed by atoms with Crippen molar-refractivity contribution in [2.75, 3.05) is 6.54 Å². The molecule has 7 rings (SSSR count). The first-order valence-electron chi connectivity index (χ1n) is 16.7. The average molecular weight is 730 g/mol. The van der Waals surface area contributed by atoms with Crippen LogP contribution in [0.25, 0.3) is 46.3 Å². The van der Waals surface area contributed by atoms with E-state index in [0.717, 1.165) is 0 Å². The van der Waals surface area contributed by atoms with Gasteiger partial charge in [-0.05, 0) is 46.0 Å². The Morgan fingerprint density at radius 1 is 0.679 bits per heavy atom. The molecule has 0 saturated heterocycles. The zero-order valence-corrected chi connectivity index (χ0v) is 29.3. The summed E-state index contributed by atoms with van der Waals surface area (Å²) >= 11 is 0. The largest absolute Gasteiger partial charge is 0.446 e. The summed E-state index contributed by atoms with van der Waals surface area (Å²) < 4.78 is 39.2. The Balaban J connectivity index is 1.17. The molecule has 0 spiro atoms. The number of fused-ring (bicyclic) bond motifs is 16. The minimum atomic E-state index is -0.736. The maximum atomic E-state index is 13.5. The second kappa shape index (κ2) is 14.2. The molecule has 3 amide bonds. The van der Waals surface area contributed by atoms with Gasteiger partial charge in [0.1, 0.15) is 55.3 Å². The Kier molecular flexibility index (Phi) is 9.38. The standard InChI is InChI=1S/C34H35N9O10/c1-16(2)24-32-42-23(15-52-32)31-41-20(14-51-31)28-37-18(10-47-28)25(44)36-17(8-6-7-9-35-33(46)53-34(3,4)5)27-39-22(12-49-27)30-40-21(13-50-30)29-38-19(11-48-29)26(45)43-24/h10-17,24H,6-9H2,1-5H3,(H,35,46)(H,36,44)(H,43,45). The van der Waals surface area contributed by atoms with Crippen LogP contribution in [0.3, 0.4) is 0 Å². The van der Waals surface area contributed by atoms with E-state index in [2.05, 4.69) is 45.9 Å². The van der Waals surface area contributed by atoms with Crippen LogP contribution in [0.1, 0.15) is 98.7 Å². The minimum absolute atomic E-state index is 0.0114. The van der Waals surface area contributed by atoms with E-state index in [-0.39, 0.29) is 75.4 Å². The fourth-order valence-corrected chi connectivity index (χ4v) is 5.24. The topological polar surface area (TPSA) is 253 Å². The highest BCUT2D eigenvalue weighted by molar-refractivity contribution is 5.93. The number of carbonyl (C=O) groups is 3. The number of amides is 3. The van der Waals surface area contributed by atoms with Gasteiger partial charge in [0.15, 0.2) is 34.2 Å². The van der Waals surface area contributed by atoms with Crippen LogP contribution in [-0.4, -0.2) is 60.0 Å². The SMILES string of the molecule is CC(C)C1NC(=O)c2coc(n2)-c2coc(n2)-c2coc(n2)C(CCCCNC(=O)OC(C)(C)C)NC(=O)c2coc(n2)-c2coc(n2)-c2coc1n2. The Morgan fingerprint density at radius 3 is 1.68 bits per heavy atom. The number of carbonyl (C=O) groups excluding carboxylic acids is 3. The van der Waals surface area contributed by atoms with Gasteiger partial charge in [0.05, 0.1) is 0 Å². The van der Waals surface area contributed by atoms with Gasteiger partial charge in [-0.15, -0.1) is 0 Å². The third-order valence-electron chi connectivity index (χ3n) is 7.81. The summed E-state index contributed by atoms with van der Waals surface area (Å²) in [6, 6.07) is -1.39. The van der Waals surface area contributed by atoms with Crippen LogP contribution >= 0.6 is 0 Å². The van der Waals surface area contributed by atoms with Gasteiger partial charge < -0.3 is 47.2 Å². The van der Waals surface area contributed by atoms with Crippen LogP contribution < -0.4 is 16.0 Å². The van der Waals surface area contributed by atoms with Crippen molar-refractivity contribution < 1.29 is 45.6 Å². The highest BCUT2D eigenvalue weighted by Crippen LogP contribution is 2.30. The fraction of sp³-hybridized carbons (Fsp3) is 0.382. The van der Waals surface area contributed by atoms with Gasteiger partial charge >= 0.3 is 6.09 Å². The zero-order valence-electron chi connectivity index (χ0n) is 29.3. The predicted octanol–water partition coefficient (Wildman–Crippen LogP) is 5.89. The van der Waals surface area contributed by atoms with Crippen LogP contribution in [0.2, 0.25) is 0 Å². The molecule has 19 nitrogen and oxygen atoms in total. The molecule has 12 bridgehead atoms. The lowest BCUT2D eigenvalue weighted by Gasteiger charge is -2.19. The van der Waals surface area contributed by atoms with Crippen molar-refractivity contribution in [3.05, 3.63) is 60.7 Å². The molecule has 53 heavy (non-hydrogen) atoms. The molecule has 6 aromatic heterocycles. The van der Waals surface area contributed by atoms with Gasteiger partial charge in [-0.2, -0.15) is 0 Å². The Bertz CT molecular complexity index is 2230. The Labute approximate surface area is 300 Å². The van der Waals surface area contributed by atoms with Crippen molar-refractivity contribution >= 4 is 17.9 Å². The van der Waals surface area contributed by atoms with E-state index in [4.69, 9.17) is 31.2 Å². The number of hydrogen-bond acceptors (Lipinski definition) is 16. The lowest BCUT2D eigenvalue weighted by atomic mass is 10.0. The van der Waals surface area contributed by atoms with Gasteiger partial charge in [0.25, 0.3) is 11.8 Å². The van der Waals surface area contributed by atoms with E-state index >= 15 is 0 Å². The summed E-state index contributed by atoms with van der Waals surface area (Å²) in [6.07, 6.45) is 8.64. The zero-order chi connectivity index (χ0) is 37.3. The number of rotatable bonds is 6. The van der Waals surface area contributed by atoms with E-state index < -0.39 is 35.6 Å². The van der Waals surface area contributed by atoms with E-state index in [1.54, 1.807) is 20.8 Å². The number of oxazole rings is 6. The van der Waals surface area contributed by atoms with E-state index in [1.807, 2.05) is 13.8 Å². The normalized spacial score (nSPS) is 16.2. The third-order valence-corrected chi connectivity index (χ3v) is 7.81. The van der Waals surface area contributed by atoms with Gasteiger partial charge in [-0.25, -0.2) is 34.7 Å². The van der Waals surface area contributed by atoms with E-state index in [1.165, 1.54) is 37.6 Å². The fourth-order valence-electron chi connectivity index (χ4n) is 5.24. The van der Waals surface area contributed by atoms with Gasteiger partial charge in [-0.3, -0.25) is 9.59 Å². The second-order valence-corrected chi connectivity index (χ2v) is 13.4. The minimum Gasteiger partial charge on any atom is -0.446 e. The molecule has 3 N–H and O–H groups in total. The number of unbranched alkanes of at least 4 members (excludes halogenated alkanes) is 1. The van der Waals surface area contributed by atoms with Crippen LogP contribution in [-0.2, 0) is 4.74 Å². The Morgan fingerprint density at radius 2 is 1.13 bits per heavy atom. The number of nitrogens with zero attached hydrogens (tertiary/aromatic N) is 6. The first kappa shape index (κ1) is 34.9. The molecule has 2 unspecified atom stereocenters. The molecule has 19 heteroatoms. The first-order chi connectivity index (χ1) is 25.4. The molecular formula is C34H35N9O10. The molecule has 1 aliphatic rings. The molecule has 0 radical (unpaired) electrons. The number of nitrogens with one attached hydrogen (secondary N) is 3. The first-order valence-corrected chi connectivity index (χ1v) is 16.7. The maximum Gasteiger partial charge on any atom is 0.407 e. The summed E-state index contributed by atoms with van der Waals surface area (Å²) in [6.45, 7) is 9.46.